The zero-order valence-corrected chi connectivity index (χ0v) is 20.3. The number of nitrogens with zero attached hydrogens (tertiary/aromatic N) is 4. The molecule has 0 radical (unpaired) electrons. The van der Waals surface area contributed by atoms with E-state index in [-0.39, 0.29) is 17.2 Å². The lowest BCUT2D eigenvalue weighted by Gasteiger charge is -2.27. The summed E-state index contributed by atoms with van der Waals surface area (Å²) in [4.78, 5) is 43.4. The van der Waals surface area contributed by atoms with Gasteiger partial charge in [0.2, 0.25) is 5.91 Å². The largest absolute Gasteiger partial charge is 0.332 e. The number of para-hydroxylation sites is 2. The van der Waals surface area contributed by atoms with Gasteiger partial charge in [-0.1, -0.05) is 37.3 Å². The molecule has 0 bridgehead atoms. The molecule has 8 heteroatoms. The summed E-state index contributed by atoms with van der Waals surface area (Å²) in [7, 11) is 1.66. The van der Waals surface area contributed by atoms with Crippen molar-refractivity contribution >= 4 is 28.6 Å². The molecule has 1 atom stereocenters. The van der Waals surface area contributed by atoms with Crippen LogP contribution < -0.4 is 5.56 Å². The highest BCUT2D eigenvalue weighted by molar-refractivity contribution is 5.92. The molecule has 1 aromatic heterocycles. The first-order valence-electron chi connectivity index (χ1n) is 11.6. The van der Waals surface area contributed by atoms with E-state index in [0.29, 0.717) is 22.3 Å². The second-order valence-corrected chi connectivity index (χ2v) is 8.42. The molecule has 0 fully saturated rings. The van der Waals surface area contributed by atoms with Crippen LogP contribution in [0.25, 0.3) is 22.7 Å². The first kappa shape index (κ1) is 24.5. The number of hydrogen-bond donors (Lipinski definition) is 0. The third-order valence-electron chi connectivity index (χ3n) is 6.24. The maximum Gasteiger partial charge on any atom is 0.269 e. The van der Waals surface area contributed by atoms with Crippen LogP contribution in [-0.4, -0.2) is 32.3 Å². The van der Waals surface area contributed by atoms with Gasteiger partial charge in [-0.15, -0.1) is 0 Å². The highest BCUT2D eigenvalue weighted by atomic mass is 16.6. The van der Waals surface area contributed by atoms with Crippen LogP contribution in [0.1, 0.15) is 36.8 Å². The van der Waals surface area contributed by atoms with Crippen LogP contribution in [0, 0.1) is 10.1 Å². The number of benzene rings is 3. The van der Waals surface area contributed by atoms with E-state index in [2.05, 4.69) is 0 Å². The van der Waals surface area contributed by atoms with E-state index < -0.39 is 11.0 Å². The number of likely N-dealkylation sites (N-methyl/N-ethyl adjacent to an activating group) is 1. The first-order chi connectivity index (χ1) is 17.3. The number of fused-ring (bicyclic) bond motifs is 1. The number of carbonyl (C=O) groups is 1. The van der Waals surface area contributed by atoms with E-state index in [0.717, 1.165) is 17.7 Å². The summed E-state index contributed by atoms with van der Waals surface area (Å²) in [5, 5.41) is 11.4. The van der Waals surface area contributed by atoms with Gasteiger partial charge in [-0.2, -0.15) is 0 Å². The van der Waals surface area contributed by atoms with Gasteiger partial charge in [0, 0.05) is 25.3 Å². The minimum atomic E-state index is -0.527. The minimum Gasteiger partial charge on any atom is -0.332 e. The Morgan fingerprint density at radius 3 is 2.44 bits per heavy atom. The van der Waals surface area contributed by atoms with Crippen molar-refractivity contribution in [3.05, 3.63) is 116 Å². The number of hydrogen-bond acceptors (Lipinski definition) is 5. The maximum absolute atomic E-state index is 13.7. The summed E-state index contributed by atoms with van der Waals surface area (Å²) in [5.74, 6) is 0.165. The van der Waals surface area contributed by atoms with E-state index in [4.69, 9.17) is 4.98 Å². The molecule has 0 N–H and O–H groups in total. The van der Waals surface area contributed by atoms with Crippen molar-refractivity contribution in [2.75, 3.05) is 7.05 Å². The molecule has 1 amide bonds. The maximum atomic E-state index is 13.7. The van der Waals surface area contributed by atoms with Gasteiger partial charge < -0.3 is 4.90 Å². The molecule has 0 aliphatic carbocycles. The number of aryl methyl sites for hydroxylation is 1. The van der Waals surface area contributed by atoms with Gasteiger partial charge in [0.1, 0.15) is 5.82 Å². The predicted octanol–water partition coefficient (Wildman–Crippen LogP) is 5.09. The van der Waals surface area contributed by atoms with E-state index >= 15 is 0 Å². The minimum absolute atomic E-state index is 0.0167. The van der Waals surface area contributed by atoms with Crippen LogP contribution in [0.4, 0.5) is 5.69 Å². The third-order valence-corrected chi connectivity index (χ3v) is 6.24. The molecule has 1 heterocycles. The standard InChI is InChI=1S/C28H26N4O4/c1-4-21-9-5-8-12-25(21)31-27(29-24-11-7-6-10-23(24)28(31)34)19(2)30(3)26(33)18-15-20-13-16-22(17-14-20)32(35)36/h5-19H,4H2,1-3H3/b18-15+. The van der Waals surface area contributed by atoms with Crippen molar-refractivity contribution < 1.29 is 9.72 Å². The quantitative estimate of drug-likeness (QED) is 0.208. The summed E-state index contributed by atoms with van der Waals surface area (Å²) in [6.45, 7) is 3.86. The number of rotatable bonds is 7. The van der Waals surface area contributed by atoms with Crippen molar-refractivity contribution in [1.82, 2.24) is 14.5 Å². The highest BCUT2D eigenvalue weighted by Gasteiger charge is 2.24. The second kappa shape index (κ2) is 10.4. The molecule has 8 nitrogen and oxygen atoms in total. The molecule has 3 aromatic carbocycles. The van der Waals surface area contributed by atoms with Crippen molar-refractivity contribution in [3.63, 3.8) is 0 Å². The topological polar surface area (TPSA) is 98.3 Å². The normalized spacial score (nSPS) is 12.1. The summed E-state index contributed by atoms with van der Waals surface area (Å²) in [6, 6.07) is 20.3. The molecular formula is C28H26N4O4. The molecule has 0 aliphatic rings. The van der Waals surface area contributed by atoms with Gasteiger partial charge in [0.25, 0.3) is 11.2 Å². The number of nitro benzene ring substituents is 1. The smallest absolute Gasteiger partial charge is 0.269 e. The molecule has 0 saturated carbocycles. The summed E-state index contributed by atoms with van der Waals surface area (Å²) < 4.78 is 1.61. The molecule has 0 aliphatic heterocycles. The SMILES string of the molecule is CCc1ccccc1-n1c(C(C)N(C)C(=O)/C=C/c2ccc([N+](=O)[O-])cc2)nc2ccccc2c1=O. The van der Waals surface area contributed by atoms with Crippen molar-refractivity contribution in [1.29, 1.82) is 0 Å². The molecule has 0 spiro atoms. The van der Waals surface area contributed by atoms with Crippen molar-refractivity contribution in [3.8, 4) is 5.69 Å². The van der Waals surface area contributed by atoms with Crippen LogP contribution in [0.3, 0.4) is 0 Å². The van der Waals surface area contributed by atoms with E-state index in [1.165, 1.54) is 23.1 Å². The number of aromatic nitrogens is 2. The average Bonchev–Trinajstić information content (AvgIpc) is 2.91. The fraction of sp³-hybridized carbons (Fsp3) is 0.179. The van der Waals surface area contributed by atoms with Crippen LogP contribution in [0.2, 0.25) is 0 Å². The van der Waals surface area contributed by atoms with Gasteiger partial charge >= 0.3 is 0 Å². The lowest BCUT2D eigenvalue weighted by atomic mass is 10.1. The van der Waals surface area contributed by atoms with Crippen LogP contribution in [-0.2, 0) is 11.2 Å². The lowest BCUT2D eigenvalue weighted by molar-refractivity contribution is -0.384. The van der Waals surface area contributed by atoms with Gasteiger partial charge in [-0.25, -0.2) is 4.98 Å². The summed E-state index contributed by atoms with van der Waals surface area (Å²) in [6.07, 6.45) is 3.74. The summed E-state index contributed by atoms with van der Waals surface area (Å²) >= 11 is 0. The van der Waals surface area contributed by atoms with E-state index in [1.54, 1.807) is 42.0 Å². The number of amides is 1. The Morgan fingerprint density at radius 2 is 1.75 bits per heavy atom. The van der Waals surface area contributed by atoms with Gasteiger partial charge in [0.15, 0.2) is 0 Å². The molecule has 0 saturated heterocycles. The Labute approximate surface area is 208 Å². The fourth-order valence-corrected chi connectivity index (χ4v) is 4.05. The van der Waals surface area contributed by atoms with E-state index in [9.17, 15) is 19.7 Å². The van der Waals surface area contributed by atoms with Crippen molar-refractivity contribution in [2.45, 2.75) is 26.3 Å². The zero-order valence-electron chi connectivity index (χ0n) is 20.3. The highest BCUT2D eigenvalue weighted by Crippen LogP contribution is 2.24. The third kappa shape index (κ3) is 4.79. The van der Waals surface area contributed by atoms with Gasteiger partial charge in [-0.3, -0.25) is 24.3 Å². The van der Waals surface area contributed by atoms with Crippen LogP contribution in [0.15, 0.2) is 83.7 Å². The molecule has 4 aromatic rings. The number of nitro groups is 1. The molecule has 4 rings (SSSR count). The number of carbonyl (C=O) groups excluding carboxylic acids is 1. The summed E-state index contributed by atoms with van der Waals surface area (Å²) in [5.41, 5.74) is 2.76. The number of non-ortho nitro benzene ring substituents is 1. The Bertz CT molecular complexity index is 1520. The average molecular weight is 483 g/mol. The molecule has 36 heavy (non-hydrogen) atoms. The Kier molecular flexibility index (Phi) is 7.05. The second-order valence-electron chi connectivity index (χ2n) is 8.42. The predicted molar refractivity (Wildman–Crippen MR) is 140 cm³/mol. The fourth-order valence-electron chi connectivity index (χ4n) is 4.05. The monoisotopic (exact) mass is 482 g/mol. The van der Waals surface area contributed by atoms with Crippen LogP contribution in [0.5, 0.6) is 0 Å². The Morgan fingerprint density at radius 1 is 1.08 bits per heavy atom. The van der Waals surface area contributed by atoms with E-state index in [1.807, 2.05) is 50.2 Å². The lowest BCUT2D eigenvalue weighted by Crippen LogP contribution is -2.34. The molecule has 182 valence electrons. The molecule has 1 unspecified atom stereocenters. The Balaban J connectivity index is 1.73. The zero-order chi connectivity index (χ0) is 25.8. The first-order valence-corrected chi connectivity index (χ1v) is 11.6. The van der Waals surface area contributed by atoms with Gasteiger partial charge in [-0.05, 0) is 60.9 Å². The Hall–Kier alpha value is -4.59. The van der Waals surface area contributed by atoms with Crippen molar-refractivity contribution in [2.24, 2.45) is 0 Å². The molecular weight excluding hydrogens is 456 g/mol. The van der Waals surface area contributed by atoms with Gasteiger partial charge in [0.05, 0.1) is 27.6 Å². The van der Waals surface area contributed by atoms with Crippen LogP contribution >= 0.6 is 0 Å².